The van der Waals surface area contributed by atoms with Crippen LogP contribution >= 0.6 is 0 Å². The van der Waals surface area contributed by atoms with Crippen LogP contribution in [0.1, 0.15) is 104 Å². The van der Waals surface area contributed by atoms with Gasteiger partial charge in [0.05, 0.1) is 18.8 Å². The summed E-state index contributed by atoms with van der Waals surface area (Å²) in [6, 6.07) is 4.24. The topological polar surface area (TPSA) is 66.0 Å². The first-order valence-corrected chi connectivity index (χ1v) is 19.2. The second-order valence-corrected chi connectivity index (χ2v) is 15.7. The number of carbonyl (C=O) groups is 1. The van der Waals surface area contributed by atoms with Gasteiger partial charge in [0.15, 0.2) is 5.79 Å². The SMILES string of the molecule is CCCCC(CC[CH2][InH2])CCCOc1ccc(CCC2(NC(=O)OC(C)(C)C)COC(C)(C)OC2)cc1C(F)(F)F. The molecule has 0 saturated carbocycles. The van der Waals surface area contributed by atoms with E-state index in [2.05, 4.69) is 12.2 Å². The zero-order valence-electron chi connectivity index (χ0n) is 26.2. The van der Waals surface area contributed by atoms with Crippen LogP contribution in [0.4, 0.5) is 18.0 Å². The molecule has 1 fully saturated rings. The fraction of sp³-hybridized carbons (Fsp3) is 0.774. The summed E-state index contributed by atoms with van der Waals surface area (Å²) in [6.07, 6.45) is 3.18. The summed E-state index contributed by atoms with van der Waals surface area (Å²) in [6.45, 7) is 11.6. The van der Waals surface area contributed by atoms with E-state index in [9.17, 15) is 18.0 Å². The summed E-state index contributed by atoms with van der Waals surface area (Å²) in [5.74, 6) is -0.327. The number of rotatable bonds is 15. The Labute approximate surface area is 259 Å². The molecule has 1 aromatic carbocycles. The standard InChI is InChI=1S/C31H49F3NO5.In.2H/c1-8-10-13-23(12-9-2)14-11-19-37-26-16-15-24(20-25(26)31(32,33)34)17-18-30(21-38-29(6,7)39-22-30)35-27(36)40-28(3,4)5;;;/h15-16,20,23H,2,8-14,17-19,21-22H2,1,3-7H3,(H,35,36);;;. The molecule has 234 valence electrons. The number of unbranched alkanes of at least 4 members (excludes halogenated alkanes) is 1. The molecule has 2 rings (SSSR count). The van der Waals surface area contributed by atoms with E-state index in [1.54, 1.807) is 40.7 Å². The maximum absolute atomic E-state index is 14.0. The first-order valence-electron chi connectivity index (χ1n) is 15.2. The molecule has 0 radical (unpaired) electrons. The molecular weight excluding hydrogens is 638 g/mol. The molecule has 1 amide bonds. The quantitative estimate of drug-likeness (QED) is 0.194. The zero-order valence-corrected chi connectivity index (χ0v) is 31.9. The first-order chi connectivity index (χ1) is 19.1. The van der Waals surface area contributed by atoms with Crippen LogP contribution in [0.25, 0.3) is 0 Å². The van der Waals surface area contributed by atoms with Gasteiger partial charge in [0.25, 0.3) is 0 Å². The Morgan fingerprint density at radius 1 is 1.07 bits per heavy atom. The van der Waals surface area contributed by atoms with Crippen molar-refractivity contribution in [2.24, 2.45) is 5.92 Å². The Bertz CT molecular complexity index is 931. The minimum atomic E-state index is -4.55. The van der Waals surface area contributed by atoms with Crippen LogP contribution in [0.3, 0.4) is 0 Å². The molecule has 10 heteroatoms. The predicted octanol–water partition coefficient (Wildman–Crippen LogP) is 7.48. The van der Waals surface area contributed by atoms with E-state index in [4.69, 9.17) is 18.9 Å². The van der Waals surface area contributed by atoms with E-state index in [-0.39, 0.29) is 32.0 Å². The number of hydrogen-bond acceptors (Lipinski definition) is 5. The minimum absolute atomic E-state index is 0.137. The number of aryl methyl sites for hydroxylation is 1. The number of alkyl halides is 3. The molecule has 1 unspecified atom stereocenters. The average molecular weight is 690 g/mol. The summed E-state index contributed by atoms with van der Waals surface area (Å²) in [5, 5.41) is 2.87. The van der Waals surface area contributed by atoms with Crippen molar-refractivity contribution in [2.75, 3.05) is 19.8 Å². The number of carbonyl (C=O) groups excluding carboxylic acids is 1. The van der Waals surface area contributed by atoms with Gasteiger partial charge in [-0.2, -0.15) is 0 Å². The maximum atomic E-state index is 14.0. The van der Waals surface area contributed by atoms with E-state index in [0.717, 1.165) is 25.3 Å². The van der Waals surface area contributed by atoms with Crippen molar-refractivity contribution in [3.05, 3.63) is 29.3 Å². The van der Waals surface area contributed by atoms with Crippen molar-refractivity contribution in [1.82, 2.24) is 5.32 Å². The summed E-state index contributed by atoms with van der Waals surface area (Å²) < 4.78 is 66.2. The van der Waals surface area contributed by atoms with Crippen molar-refractivity contribution in [1.29, 1.82) is 0 Å². The Hall–Kier alpha value is -1.13. The van der Waals surface area contributed by atoms with Gasteiger partial charge in [0.1, 0.15) is 5.60 Å². The van der Waals surface area contributed by atoms with Crippen LogP contribution in [0.15, 0.2) is 18.2 Å². The number of nitrogens with one attached hydrogen (secondary N) is 1. The summed E-state index contributed by atoms with van der Waals surface area (Å²) in [4.78, 5) is 12.6. The van der Waals surface area contributed by atoms with Gasteiger partial charge in [0.2, 0.25) is 0 Å². The third kappa shape index (κ3) is 13.4. The molecule has 1 aliphatic heterocycles. The van der Waals surface area contributed by atoms with Gasteiger partial charge in [-0.25, -0.2) is 4.79 Å². The third-order valence-electron chi connectivity index (χ3n) is 7.35. The fourth-order valence-corrected chi connectivity index (χ4v) is 6.11. The Balaban J connectivity index is 2.09. The van der Waals surface area contributed by atoms with E-state index in [0.29, 0.717) is 42.3 Å². The summed E-state index contributed by atoms with van der Waals surface area (Å²) >= 11 is 0.714. The Morgan fingerprint density at radius 2 is 1.71 bits per heavy atom. The van der Waals surface area contributed by atoms with Gasteiger partial charge >= 0.3 is 158 Å². The zero-order chi connectivity index (χ0) is 30.7. The van der Waals surface area contributed by atoms with Crippen molar-refractivity contribution in [3.63, 3.8) is 0 Å². The number of hydrogen-bond donors (Lipinski definition) is 1. The monoisotopic (exact) mass is 689 g/mol. The number of halogens is 3. The van der Waals surface area contributed by atoms with Gasteiger partial charge in [-0.05, 0) is 47.5 Å². The number of benzene rings is 1. The van der Waals surface area contributed by atoms with E-state index in [1.165, 1.54) is 35.9 Å². The summed E-state index contributed by atoms with van der Waals surface area (Å²) in [7, 11) is 0. The van der Waals surface area contributed by atoms with Gasteiger partial charge in [0, 0.05) is 0 Å². The molecule has 0 aliphatic carbocycles. The Kier molecular flexibility index (Phi) is 14.1. The van der Waals surface area contributed by atoms with Crippen LogP contribution in [-0.4, -0.2) is 67.2 Å². The molecule has 1 saturated heterocycles. The van der Waals surface area contributed by atoms with Crippen molar-refractivity contribution >= 4 is 30.5 Å². The van der Waals surface area contributed by atoms with Gasteiger partial charge in [-0.15, -0.1) is 0 Å². The molecule has 0 aromatic heterocycles. The molecule has 1 aromatic rings. The third-order valence-corrected chi connectivity index (χ3v) is 9.36. The Morgan fingerprint density at radius 3 is 2.29 bits per heavy atom. The molecule has 1 aliphatic rings. The average Bonchev–Trinajstić information content (AvgIpc) is 2.87. The van der Waals surface area contributed by atoms with Gasteiger partial charge in [-0.3, -0.25) is 0 Å². The second-order valence-electron chi connectivity index (χ2n) is 12.9. The number of amides is 1. The van der Waals surface area contributed by atoms with Crippen molar-refractivity contribution < 1.29 is 36.9 Å². The normalized spacial score (nSPS) is 17.6. The molecule has 6 nitrogen and oxygen atoms in total. The molecule has 41 heavy (non-hydrogen) atoms. The molecule has 0 spiro atoms. The van der Waals surface area contributed by atoms with Crippen LogP contribution in [0.2, 0.25) is 4.18 Å². The fourth-order valence-electron chi connectivity index (χ4n) is 4.94. The van der Waals surface area contributed by atoms with E-state index in [1.807, 2.05) is 0 Å². The van der Waals surface area contributed by atoms with Crippen LogP contribution < -0.4 is 10.1 Å². The van der Waals surface area contributed by atoms with Crippen molar-refractivity contribution in [2.45, 2.75) is 127 Å². The second kappa shape index (κ2) is 16.1. The first kappa shape index (κ1) is 36.1. The van der Waals surface area contributed by atoms with E-state index >= 15 is 0 Å². The molecule has 1 atom stereocenters. The van der Waals surface area contributed by atoms with Crippen LogP contribution in [0.5, 0.6) is 5.75 Å². The molecule has 0 bridgehead atoms. The molecule has 1 heterocycles. The molecule has 1 N–H and O–H groups in total. The number of alkyl carbamates (subject to hydrolysis) is 1. The molecular formula is C31H51F3InNO5. The summed E-state index contributed by atoms with van der Waals surface area (Å²) in [5.41, 5.74) is -1.93. The van der Waals surface area contributed by atoms with Crippen LogP contribution in [-0.2, 0) is 26.8 Å². The van der Waals surface area contributed by atoms with Crippen molar-refractivity contribution in [3.8, 4) is 5.75 Å². The van der Waals surface area contributed by atoms with Gasteiger partial charge in [-0.1, -0.05) is 0 Å². The van der Waals surface area contributed by atoms with Gasteiger partial charge < -0.3 is 19.5 Å². The van der Waals surface area contributed by atoms with Crippen LogP contribution in [0, 0.1) is 5.92 Å². The number of ether oxygens (including phenoxy) is 4. The predicted molar refractivity (Wildman–Crippen MR) is 158 cm³/mol. The van der Waals surface area contributed by atoms with E-state index < -0.39 is 34.8 Å².